The Kier molecular flexibility index (Phi) is 4.26. The molecule has 2 aromatic rings. The van der Waals surface area contributed by atoms with Crippen LogP contribution in [0.3, 0.4) is 0 Å². The first-order valence-corrected chi connectivity index (χ1v) is 6.49. The van der Waals surface area contributed by atoms with Crippen molar-refractivity contribution in [1.82, 2.24) is 0 Å². The standard InChI is InChI=1S/C18H17O2/c1-3-5-13-7-9-18(20)16(11-13)14-8-10-17(19)15(12-14)6-4-2/h3-4,7-12,20H,1-2,5-6H2. The van der Waals surface area contributed by atoms with Crippen LogP contribution < -0.4 is 0 Å². The Balaban J connectivity index is 2.49. The van der Waals surface area contributed by atoms with E-state index in [0.717, 1.165) is 23.1 Å². The Hall–Kier alpha value is -2.48. The zero-order chi connectivity index (χ0) is 14.5. The van der Waals surface area contributed by atoms with Crippen LogP contribution in [-0.2, 0) is 17.9 Å². The van der Waals surface area contributed by atoms with Gasteiger partial charge in [0.2, 0.25) is 0 Å². The predicted molar refractivity (Wildman–Crippen MR) is 81.5 cm³/mol. The van der Waals surface area contributed by atoms with Crippen LogP contribution in [0.25, 0.3) is 11.1 Å². The number of benzene rings is 2. The van der Waals surface area contributed by atoms with Gasteiger partial charge in [0, 0.05) is 11.1 Å². The molecule has 1 radical (unpaired) electrons. The van der Waals surface area contributed by atoms with E-state index in [0.29, 0.717) is 12.0 Å². The molecule has 0 bridgehead atoms. The van der Waals surface area contributed by atoms with E-state index >= 15 is 0 Å². The lowest BCUT2D eigenvalue weighted by molar-refractivity contribution is 0.351. The van der Waals surface area contributed by atoms with Crippen LogP contribution in [0.1, 0.15) is 11.1 Å². The third kappa shape index (κ3) is 2.91. The van der Waals surface area contributed by atoms with E-state index < -0.39 is 0 Å². The van der Waals surface area contributed by atoms with Crippen LogP contribution in [0.4, 0.5) is 0 Å². The highest BCUT2D eigenvalue weighted by molar-refractivity contribution is 5.72. The van der Waals surface area contributed by atoms with Crippen molar-refractivity contribution in [3.63, 3.8) is 0 Å². The van der Waals surface area contributed by atoms with Crippen LogP contribution in [0.5, 0.6) is 11.5 Å². The fraction of sp³-hybridized carbons (Fsp3) is 0.111. The fourth-order valence-electron chi connectivity index (χ4n) is 2.17. The van der Waals surface area contributed by atoms with Gasteiger partial charge in [0.25, 0.3) is 0 Å². The average Bonchev–Trinajstić information content (AvgIpc) is 2.44. The molecule has 0 amide bonds. The van der Waals surface area contributed by atoms with Gasteiger partial charge in [-0.15, -0.1) is 13.2 Å². The quantitative estimate of drug-likeness (QED) is 0.785. The van der Waals surface area contributed by atoms with Crippen LogP contribution in [0.2, 0.25) is 0 Å². The van der Waals surface area contributed by atoms with Crippen molar-refractivity contribution >= 4 is 0 Å². The summed E-state index contributed by atoms with van der Waals surface area (Å²) in [6.45, 7) is 7.37. The molecule has 0 spiro atoms. The minimum absolute atomic E-state index is 0.00427. The molecule has 1 N–H and O–H groups in total. The summed E-state index contributed by atoms with van der Waals surface area (Å²) in [6.07, 6.45) is 4.79. The number of hydrogen-bond donors (Lipinski definition) is 1. The topological polar surface area (TPSA) is 40.1 Å². The summed E-state index contributed by atoms with van der Waals surface area (Å²) in [7, 11) is 0. The van der Waals surface area contributed by atoms with Gasteiger partial charge in [-0.3, -0.25) is 5.11 Å². The number of rotatable bonds is 5. The van der Waals surface area contributed by atoms with E-state index in [2.05, 4.69) is 13.2 Å². The third-order valence-corrected chi connectivity index (χ3v) is 3.18. The van der Waals surface area contributed by atoms with Gasteiger partial charge >= 0.3 is 0 Å². The van der Waals surface area contributed by atoms with Crippen molar-refractivity contribution in [3.05, 3.63) is 72.8 Å². The minimum Gasteiger partial charge on any atom is -0.507 e. The van der Waals surface area contributed by atoms with Gasteiger partial charge in [-0.25, -0.2) is 0 Å². The van der Waals surface area contributed by atoms with Crippen molar-refractivity contribution in [2.45, 2.75) is 12.8 Å². The van der Waals surface area contributed by atoms with Gasteiger partial charge in [0.15, 0.2) is 5.75 Å². The van der Waals surface area contributed by atoms with Crippen LogP contribution >= 0.6 is 0 Å². The molecule has 101 valence electrons. The molecular formula is C18H17O2. The highest BCUT2D eigenvalue weighted by Gasteiger charge is 2.09. The van der Waals surface area contributed by atoms with Gasteiger partial charge in [-0.05, 0) is 48.2 Å². The van der Waals surface area contributed by atoms with E-state index in [-0.39, 0.29) is 11.5 Å². The second kappa shape index (κ2) is 6.11. The second-order valence-corrected chi connectivity index (χ2v) is 4.66. The summed E-state index contributed by atoms with van der Waals surface area (Å²) in [5.74, 6) is 0.205. The highest BCUT2D eigenvalue weighted by Crippen LogP contribution is 2.33. The molecule has 2 aromatic carbocycles. The third-order valence-electron chi connectivity index (χ3n) is 3.18. The number of hydrogen-bond acceptors (Lipinski definition) is 1. The molecule has 0 aliphatic rings. The van der Waals surface area contributed by atoms with Gasteiger partial charge < -0.3 is 5.11 Å². The molecule has 0 fully saturated rings. The van der Waals surface area contributed by atoms with Gasteiger partial charge in [-0.2, -0.15) is 0 Å². The molecule has 0 aliphatic carbocycles. The molecule has 0 saturated carbocycles. The predicted octanol–water partition coefficient (Wildman–Crippen LogP) is 4.66. The molecule has 2 heteroatoms. The summed E-state index contributed by atoms with van der Waals surface area (Å²) in [5, 5.41) is 21.7. The van der Waals surface area contributed by atoms with E-state index in [1.165, 1.54) is 6.07 Å². The summed E-state index contributed by atoms with van der Waals surface area (Å²) < 4.78 is 0. The Morgan fingerprint density at radius 2 is 1.75 bits per heavy atom. The van der Waals surface area contributed by atoms with Gasteiger partial charge in [0.05, 0.1) is 0 Å². The maximum absolute atomic E-state index is 11.7. The Labute approximate surface area is 119 Å². The smallest absolute Gasteiger partial charge is 0.182 e. The number of phenolic OH excluding ortho intramolecular Hbond substituents is 1. The first-order valence-electron chi connectivity index (χ1n) is 6.49. The van der Waals surface area contributed by atoms with Crippen molar-refractivity contribution in [1.29, 1.82) is 0 Å². The second-order valence-electron chi connectivity index (χ2n) is 4.66. The van der Waals surface area contributed by atoms with Crippen molar-refractivity contribution in [2.24, 2.45) is 0 Å². The molecule has 2 rings (SSSR count). The molecule has 20 heavy (non-hydrogen) atoms. The lowest BCUT2D eigenvalue weighted by Gasteiger charge is -2.09. The number of phenols is 1. The lowest BCUT2D eigenvalue weighted by atomic mass is 9.97. The van der Waals surface area contributed by atoms with Crippen LogP contribution in [0.15, 0.2) is 61.7 Å². The van der Waals surface area contributed by atoms with E-state index in [4.69, 9.17) is 0 Å². The average molecular weight is 265 g/mol. The molecule has 0 saturated heterocycles. The monoisotopic (exact) mass is 265 g/mol. The maximum Gasteiger partial charge on any atom is 0.182 e. The fourth-order valence-corrected chi connectivity index (χ4v) is 2.17. The van der Waals surface area contributed by atoms with E-state index in [1.54, 1.807) is 18.2 Å². The number of allylic oxidation sites excluding steroid dienone is 2. The first kappa shape index (κ1) is 13.9. The van der Waals surface area contributed by atoms with Crippen molar-refractivity contribution in [2.75, 3.05) is 0 Å². The Morgan fingerprint density at radius 1 is 1.00 bits per heavy atom. The molecule has 0 heterocycles. The SMILES string of the molecule is C=CCc1ccc(O)c(-c2ccc([O])c(CC=C)c2)c1. The van der Waals surface area contributed by atoms with Crippen LogP contribution in [-0.4, -0.2) is 5.11 Å². The largest absolute Gasteiger partial charge is 0.507 e. The summed E-state index contributed by atoms with van der Waals surface area (Å²) in [4.78, 5) is 0. The van der Waals surface area contributed by atoms with E-state index in [1.807, 2.05) is 24.3 Å². The van der Waals surface area contributed by atoms with Crippen molar-refractivity contribution < 1.29 is 10.2 Å². The lowest BCUT2D eigenvalue weighted by Crippen LogP contribution is -1.88. The minimum atomic E-state index is -0.00427. The van der Waals surface area contributed by atoms with E-state index in [9.17, 15) is 10.2 Å². The zero-order valence-electron chi connectivity index (χ0n) is 11.3. The normalized spacial score (nSPS) is 10.2. The Bertz CT molecular complexity index is 642. The summed E-state index contributed by atoms with van der Waals surface area (Å²) in [5.41, 5.74) is 3.33. The maximum atomic E-state index is 11.7. The summed E-state index contributed by atoms with van der Waals surface area (Å²) >= 11 is 0. The highest BCUT2D eigenvalue weighted by atomic mass is 16.3. The molecule has 0 aliphatic heterocycles. The zero-order valence-corrected chi connectivity index (χ0v) is 11.3. The van der Waals surface area contributed by atoms with Gasteiger partial charge in [0.1, 0.15) is 5.75 Å². The summed E-state index contributed by atoms with van der Waals surface area (Å²) in [6, 6.07) is 10.6. The molecule has 2 nitrogen and oxygen atoms in total. The van der Waals surface area contributed by atoms with Crippen LogP contribution in [0, 0.1) is 0 Å². The molecule has 0 aromatic heterocycles. The molecular weight excluding hydrogens is 248 g/mol. The molecule has 0 atom stereocenters. The molecule has 0 unspecified atom stereocenters. The van der Waals surface area contributed by atoms with Crippen molar-refractivity contribution in [3.8, 4) is 22.6 Å². The first-order chi connectivity index (χ1) is 9.65. The number of aromatic hydroxyl groups is 1. The van der Waals surface area contributed by atoms with Gasteiger partial charge in [-0.1, -0.05) is 24.3 Å². The Morgan fingerprint density at radius 3 is 2.45 bits per heavy atom.